The minimum absolute atomic E-state index is 0.151. The molecule has 0 atom stereocenters. The van der Waals surface area contributed by atoms with Crippen molar-refractivity contribution in [2.75, 3.05) is 38.2 Å². The summed E-state index contributed by atoms with van der Waals surface area (Å²) in [6.07, 6.45) is 0. The Kier molecular flexibility index (Phi) is 7.13. The van der Waals surface area contributed by atoms with E-state index in [9.17, 15) is 4.79 Å². The van der Waals surface area contributed by atoms with Gasteiger partial charge in [0.15, 0.2) is 0 Å². The van der Waals surface area contributed by atoms with E-state index >= 15 is 0 Å². The van der Waals surface area contributed by atoms with Crippen LogP contribution in [0.25, 0.3) is 33.4 Å². The lowest BCUT2D eigenvalue weighted by atomic mass is 10.1. The van der Waals surface area contributed by atoms with Gasteiger partial charge in [0.2, 0.25) is 11.9 Å². The van der Waals surface area contributed by atoms with Crippen molar-refractivity contribution in [1.82, 2.24) is 19.9 Å². The molecule has 178 valence electrons. The predicted molar refractivity (Wildman–Crippen MR) is 139 cm³/mol. The molecule has 1 aliphatic rings. The largest absolute Gasteiger partial charge is 0.379 e. The Morgan fingerprint density at radius 1 is 0.914 bits per heavy atom. The molecule has 4 aromatic rings. The first kappa shape index (κ1) is 23.9. The molecule has 5 rings (SSSR count). The highest BCUT2D eigenvalue weighted by molar-refractivity contribution is 6.34. The van der Waals surface area contributed by atoms with Gasteiger partial charge in [-0.25, -0.2) is 15.0 Å². The number of aromatic nitrogens is 3. The van der Waals surface area contributed by atoms with Crippen LogP contribution in [0.4, 0.5) is 5.95 Å². The maximum atomic E-state index is 12.8. The van der Waals surface area contributed by atoms with Gasteiger partial charge in [-0.15, -0.1) is 0 Å². The third kappa shape index (κ3) is 5.55. The maximum Gasteiger partial charge on any atom is 0.240 e. The molecule has 0 radical (unpaired) electrons. The Labute approximate surface area is 217 Å². The molecule has 35 heavy (non-hydrogen) atoms. The first-order chi connectivity index (χ1) is 17.0. The normalized spacial score (nSPS) is 14.3. The van der Waals surface area contributed by atoms with Gasteiger partial charge in [-0.1, -0.05) is 53.0 Å². The van der Waals surface area contributed by atoms with Crippen molar-refractivity contribution in [3.05, 3.63) is 69.8 Å². The molecule has 7 nitrogen and oxygen atoms in total. The topological polar surface area (TPSA) is 80.2 Å². The van der Waals surface area contributed by atoms with Crippen LogP contribution in [0, 0.1) is 0 Å². The summed E-state index contributed by atoms with van der Waals surface area (Å²) < 4.78 is 5.35. The molecule has 0 aliphatic carbocycles. The van der Waals surface area contributed by atoms with E-state index in [0.717, 1.165) is 5.39 Å². The Balaban J connectivity index is 1.56. The summed E-state index contributed by atoms with van der Waals surface area (Å²) >= 11 is 19.2. The van der Waals surface area contributed by atoms with E-state index in [0.29, 0.717) is 64.4 Å². The first-order valence-corrected chi connectivity index (χ1v) is 12.1. The van der Waals surface area contributed by atoms with Gasteiger partial charge >= 0.3 is 0 Å². The molecule has 2 aromatic carbocycles. The van der Waals surface area contributed by atoms with E-state index in [1.807, 2.05) is 35.2 Å². The second kappa shape index (κ2) is 10.4. The van der Waals surface area contributed by atoms with Gasteiger partial charge in [-0.05, 0) is 36.4 Å². The minimum Gasteiger partial charge on any atom is -0.379 e. The number of fused-ring (bicyclic) bond motifs is 1. The highest BCUT2D eigenvalue weighted by Crippen LogP contribution is 2.34. The number of hydrogen-bond donors (Lipinski definition) is 1. The second-order valence-electron chi connectivity index (χ2n) is 8.04. The quantitative estimate of drug-likeness (QED) is 0.340. The highest BCUT2D eigenvalue weighted by Gasteiger charge is 2.18. The standard InChI is InChI=1S/C25H20Cl3N5O2/c26-16-5-6-20-15(11-16)12-18(24(28)29-20)22-13-21(17-3-1-2-4-19(17)27)30-25(31-22)32-23(34)14-33-7-9-35-10-8-33/h1-6,11-13H,7-10,14H2,(H,30,31,32,34). The number of halogens is 3. The van der Waals surface area contributed by atoms with Crippen LogP contribution in [-0.4, -0.2) is 58.6 Å². The van der Waals surface area contributed by atoms with Gasteiger partial charge in [-0.2, -0.15) is 0 Å². The Hall–Kier alpha value is -2.81. The van der Waals surface area contributed by atoms with Crippen molar-refractivity contribution in [1.29, 1.82) is 0 Å². The van der Waals surface area contributed by atoms with E-state index in [4.69, 9.17) is 39.5 Å². The van der Waals surface area contributed by atoms with E-state index in [1.54, 1.807) is 24.3 Å². The number of rotatable bonds is 5. The predicted octanol–water partition coefficient (Wildman–Crippen LogP) is 5.59. The van der Waals surface area contributed by atoms with Crippen LogP contribution in [0.15, 0.2) is 54.6 Å². The monoisotopic (exact) mass is 527 g/mol. The summed E-state index contributed by atoms with van der Waals surface area (Å²) in [7, 11) is 0. The summed E-state index contributed by atoms with van der Waals surface area (Å²) in [5.41, 5.74) is 3.04. The average molecular weight is 529 g/mol. The van der Waals surface area contributed by atoms with Gasteiger partial charge in [-0.3, -0.25) is 15.0 Å². The molecule has 0 saturated carbocycles. The summed E-state index contributed by atoms with van der Waals surface area (Å²) in [5.74, 6) is -0.0680. The van der Waals surface area contributed by atoms with Gasteiger partial charge < -0.3 is 4.74 Å². The van der Waals surface area contributed by atoms with Gasteiger partial charge in [0, 0.05) is 39.6 Å². The van der Waals surface area contributed by atoms with Crippen LogP contribution in [0.5, 0.6) is 0 Å². The van der Waals surface area contributed by atoms with Crippen molar-refractivity contribution < 1.29 is 9.53 Å². The number of nitrogens with zero attached hydrogens (tertiary/aromatic N) is 4. The van der Waals surface area contributed by atoms with Crippen LogP contribution < -0.4 is 5.32 Å². The molecule has 0 spiro atoms. The van der Waals surface area contributed by atoms with Gasteiger partial charge in [0.25, 0.3) is 0 Å². The Morgan fingerprint density at radius 3 is 2.43 bits per heavy atom. The van der Waals surface area contributed by atoms with E-state index in [2.05, 4.69) is 20.3 Å². The fourth-order valence-corrected chi connectivity index (χ4v) is 4.53. The fraction of sp³-hybridized carbons (Fsp3) is 0.200. The van der Waals surface area contributed by atoms with E-state index < -0.39 is 0 Å². The van der Waals surface area contributed by atoms with Crippen molar-refractivity contribution in [3.8, 4) is 22.5 Å². The lowest BCUT2D eigenvalue weighted by molar-refractivity contribution is -0.118. The zero-order valence-electron chi connectivity index (χ0n) is 18.5. The molecule has 0 unspecified atom stereocenters. The first-order valence-electron chi connectivity index (χ1n) is 11.0. The van der Waals surface area contributed by atoms with Crippen molar-refractivity contribution in [2.24, 2.45) is 0 Å². The van der Waals surface area contributed by atoms with Gasteiger partial charge in [0.05, 0.1) is 36.7 Å². The van der Waals surface area contributed by atoms with E-state index in [1.165, 1.54) is 0 Å². The fourth-order valence-electron chi connectivity index (χ4n) is 3.88. The molecule has 1 aliphatic heterocycles. The molecule has 1 fully saturated rings. The summed E-state index contributed by atoms with van der Waals surface area (Å²) in [4.78, 5) is 28.5. The van der Waals surface area contributed by atoms with Crippen LogP contribution in [0.3, 0.4) is 0 Å². The molecule has 1 N–H and O–H groups in total. The number of pyridine rings is 1. The lowest BCUT2D eigenvalue weighted by Gasteiger charge is -2.25. The van der Waals surface area contributed by atoms with Crippen LogP contribution in [-0.2, 0) is 9.53 Å². The minimum atomic E-state index is -0.219. The molecule has 10 heteroatoms. The number of carbonyl (C=O) groups excluding carboxylic acids is 1. The highest BCUT2D eigenvalue weighted by atomic mass is 35.5. The van der Waals surface area contributed by atoms with E-state index in [-0.39, 0.29) is 23.6 Å². The lowest BCUT2D eigenvalue weighted by Crippen LogP contribution is -2.41. The number of amides is 1. The zero-order valence-corrected chi connectivity index (χ0v) is 20.7. The summed E-state index contributed by atoms with van der Waals surface area (Å²) in [6.45, 7) is 2.82. The van der Waals surface area contributed by atoms with Crippen LogP contribution in [0.2, 0.25) is 15.2 Å². The smallest absolute Gasteiger partial charge is 0.240 e. The second-order valence-corrected chi connectivity index (χ2v) is 9.24. The number of hydrogen-bond acceptors (Lipinski definition) is 6. The molecule has 3 heterocycles. The molecule has 1 amide bonds. The van der Waals surface area contributed by atoms with Crippen molar-refractivity contribution in [2.45, 2.75) is 0 Å². The number of anilines is 1. The maximum absolute atomic E-state index is 12.8. The molecule has 1 saturated heterocycles. The summed E-state index contributed by atoms with van der Waals surface area (Å²) in [6, 6.07) is 16.4. The number of carbonyl (C=O) groups is 1. The van der Waals surface area contributed by atoms with Gasteiger partial charge in [0.1, 0.15) is 5.15 Å². The summed E-state index contributed by atoms with van der Waals surface area (Å²) in [5, 5.41) is 5.02. The number of ether oxygens (including phenoxy) is 1. The Bertz CT molecular complexity index is 1410. The third-order valence-electron chi connectivity index (χ3n) is 5.60. The molecular formula is C25H20Cl3N5O2. The average Bonchev–Trinajstić information content (AvgIpc) is 2.84. The zero-order chi connectivity index (χ0) is 24.4. The number of benzene rings is 2. The Morgan fingerprint density at radius 2 is 1.66 bits per heavy atom. The SMILES string of the molecule is O=C(CN1CCOCC1)Nc1nc(-c2ccccc2Cl)cc(-c2cc3cc(Cl)ccc3nc2Cl)n1. The molecular weight excluding hydrogens is 509 g/mol. The molecule has 2 aromatic heterocycles. The third-order valence-corrected chi connectivity index (χ3v) is 6.46. The van der Waals surface area contributed by atoms with Crippen LogP contribution >= 0.6 is 34.8 Å². The van der Waals surface area contributed by atoms with Crippen LogP contribution in [0.1, 0.15) is 0 Å². The van der Waals surface area contributed by atoms with Crippen molar-refractivity contribution in [3.63, 3.8) is 0 Å². The van der Waals surface area contributed by atoms with Crippen molar-refractivity contribution >= 4 is 57.6 Å². The molecule has 0 bridgehead atoms. The number of morpholine rings is 1. The number of nitrogens with one attached hydrogen (secondary N) is 1.